The van der Waals surface area contributed by atoms with Crippen molar-refractivity contribution in [2.24, 2.45) is 5.92 Å². The highest BCUT2D eigenvalue weighted by Gasteiger charge is 2.18. The standard InChI is InChI=1S/C21H24N4O4S2/c1-5-11(2)8-15-13(4)31-20-18(15)19(27)23-21(24-20)30-10-17(26)22-16-9-14(25(28)29)7-6-12(16)3/h6-7,9,11H,5,8,10H2,1-4H3,(H,22,26)(H,23,24,27). The fourth-order valence-electron chi connectivity index (χ4n) is 3.14. The molecule has 164 valence electrons. The quantitative estimate of drug-likeness (QED) is 0.215. The smallest absolute Gasteiger partial charge is 0.271 e. The summed E-state index contributed by atoms with van der Waals surface area (Å²) < 4.78 is 0. The van der Waals surface area contributed by atoms with Gasteiger partial charge in [-0.3, -0.25) is 19.7 Å². The third-order valence-electron chi connectivity index (χ3n) is 5.14. The molecule has 0 fully saturated rings. The number of anilines is 1. The van der Waals surface area contributed by atoms with E-state index in [0.717, 1.165) is 40.6 Å². The molecular formula is C21H24N4O4S2. The Labute approximate surface area is 187 Å². The number of thioether (sulfide) groups is 1. The number of amides is 1. The van der Waals surface area contributed by atoms with Crippen LogP contribution in [0.1, 0.15) is 36.3 Å². The van der Waals surface area contributed by atoms with Gasteiger partial charge in [0.25, 0.3) is 11.2 Å². The molecule has 10 heteroatoms. The van der Waals surface area contributed by atoms with Gasteiger partial charge in [0.2, 0.25) is 5.91 Å². The summed E-state index contributed by atoms with van der Waals surface area (Å²) in [5.74, 6) is 0.155. The molecule has 2 aromatic heterocycles. The zero-order chi connectivity index (χ0) is 22.7. The molecule has 0 spiro atoms. The minimum atomic E-state index is -0.508. The van der Waals surface area contributed by atoms with Crippen LogP contribution in [0.4, 0.5) is 11.4 Å². The van der Waals surface area contributed by atoms with Gasteiger partial charge in [-0.05, 0) is 37.3 Å². The molecule has 0 aliphatic rings. The molecule has 0 saturated carbocycles. The molecule has 0 bridgehead atoms. The molecule has 1 unspecified atom stereocenters. The number of nitro benzene ring substituents is 1. The van der Waals surface area contributed by atoms with Gasteiger partial charge in [0.15, 0.2) is 5.16 Å². The van der Waals surface area contributed by atoms with Gasteiger partial charge in [-0.25, -0.2) is 4.98 Å². The van der Waals surface area contributed by atoms with Gasteiger partial charge in [-0.1, -0.05) is 38.1 Å². The molecule has 3 rings (SSSR count). The molecular weight excluding hydrogens is 436 g/mol. The number of carbonyl (C=O) groups is 1. The lowest BCUT2D eigenvalue weighted by molar-refractivity contribution is -0.384. The van der Waals surface area contributed by atoms with Gasteiger partial charge in [0.05, 0.1) is 21.7 Å². The van der Waals surface area contributed by atoms with Gasteiger partial charge in [-0.15, -0.1) is 11.3 Å². The van der Waals surface area contributed by atoms with Crippen LogP contribution in [-0.4, -0.2) is 26.6 Å². The minimum absolute atomic E-state index is 0.0145. The number of rotatable bonds is 8. The van der Waals surface area contributed by atoms with E-state index in [-0.39, 0.29) is 22.9 Å². The Kier molecular flexibility index (Phi) is 7.11. The lowest BCUT2D eigenvalue weighted by Gasteiger charge is -2.09. The van der Waals surface area contributed by atoms with E-state index in [2.05, 4.69) is 29.1 Å². The molecule has 0 aliphatic carbocycles. The number of aromatic amines is 1. The van der Waals surface area contributed by atoms with Crippen molar-refractivity contribution >= 4 is 50.6 Å². The maximum absolute atomic E-state index is 12.7. The second-order valence-corrected chi connectivity index (χ2v) is 9.67. The number of nitro groups is 1. The number of nitrogens with one attached hydrogen (secondary N) is 2. The molecule has 1 atom stereocenters. The summed E-state index contributed by atoms with van der Waals surface area (Å²) in [5.41, 5.74) is 1.88. The number of thiophene rings is 1. The fourth-order valence-corrected chi connectivity index (χ4v) is 4.91. The summed E-state index contributed by atoms with van der Waals surface area (Å²) in [6.07, 6.45) is 1.87. The van der Waals surface area contributed by atoms with Crippen molar-refractivity contribution in [3.05, 3.63) is 54.7 Å². The third kappa shape index (κ3) is 5.31. The molecule has 0 saturated heterocycles. The van der Waals surface area contributed by atoms with Crippen LogP contribution in [0.2, 0.25) is 0 Å². The summed E-state index contributed by atoms with van der Waals surface area (Å²) in [6.45, 7) is 8.06. The number of benzene rings is 1. The van der Waals surface area contributed by atoms with Crippen LogP contribution in [0.25, 0.3) is 10.2 Å². The van der Waals surface area contributed by atoms with E-state index in [1.54, 1.807) is 13.0 Å². The number of aryl methyl sites for hydroxylation is 2. The van der Waals surface area contributed by atoms with Crippen LogP contribution in [0, 0.1) is 29.9 Å². The zero-order valence-electron chi connectivity index (χ0n) is 17.8. The zero-order valence-corrected chi connectivity index (χ0v) is 19.4. The van der Waals surface area contributed by atoms with Crippen molar-refractivity contribution < 1.29 is 9.72 Å². The molecule has 0 aliphatic heterocycles. The maximum Gasteiger partial charge on any atom is 0.271 e. The largest absolute Gasteiger partial charge is 0.325 e. The highest BCUT2D eigenvalue weighted by atomic mass is 32.2. The van der Waals surface area contributed by atoms with E-state index in [4.69, 9.17) is 0 Å². The van der Waals surface area contributed by atoms with E-state index in [0.29, 0.717) is 27.0 Å². The predicted octanol–water partition coefficient (Wildman–Crippen LogP) is 4.83. The van der Waals surface area contributed by atoms with Crippen molar-refractivity contribution in [1.29, 1.82) is 0 Å². The number of hydrogen-bond acceptors (Lipinski definition) is 7. The lowest BCUT2D eigenvalue weighted by Crippen LogP contribution is -2.16. The van der Waals surface area contributed by atoms with E-state index < -0.39 is 4.92 Å². The summed E-state index contributed by atoms with van der Waals surface area (Å²) >= 11 is 2.61. The van der Waals surface area contributed by atoms with Crippen LogP contribution in [0.5, 0.6) is 0 Å². The molecule has 2 N–H and O–H groups in total. The number of H-pyrrole nitrogens is 1. The van der Waals surface area contributed by atoms with E-state index in [1.165, 1.54) is 23.5 Å². The van der Waals surface area contributed by atoms with Crippen molar-refractivity contribution in [1.82, 2.24) is 9.97 Å². The van der Waals surface area contributed by atoms with Gasteiger partial charge >= 0.3 is 0 Å². The Morgan fingerprint density at radius 1 is 1.39 bits per heavy atom. The lowest BCUT2D eigenvalue weighted by atomic mass is 9.98. The monoisotopic (exact) mass is 460 g/mol. The number of non-ortho nitro benzene ring substituents is 1. The molecule has 1 amide bonds. The van der Waals surface area contributed by atoms with Crippen LogP contribution in [0.15, 0.2) is 28.2 Å². The van der Waals surface area contributed by atoms with Crippen molar-refractivity contribution in [2.75, 3.05) is 11.1 Å². The highest BCUT2D eigenvalue weighted by Crippen LogP contribution is 2.30. The molecule has 2 heterocycles. The molecule has 0 radical (unpaired) electrons. The minimum Gasteiger partial charge on any atom is -0.325 e. The van der Waals surface area contributed by atoms with Gasteiger partial charge in [0, 0.05) is 17.0 Å². The summed E-state index contributed by atoms with van der Waals surface area (Å²) in [7, 11) is 0. The third-order valence-corrected chi connectivity index (χ3v) is 7.05. The second kappa shape index (κ2) is 9.61. The SMILES string of the molecule is CCC(C)Cc1c(C)sc2nc(SCC(=O)Nc3cc([N+](=O)[O-])ccc3C)[nH]c(=O)c12. The Balaban J connectivity index is 1.74. The normalized spacial score (nSPS) is 12.1. The van der Waals surface area contributed by atoms with Crippen LogP contribution < -0.4 is 10.9 Å². The van der Waals surface area contributed by atoms with Crippen molar-refractivity contribution in [2.45, 2.75) is 45.7 Å². The van der Waals surface area contributed by atoms with Gasteiger partial charge in [-0.2, -0.15) is 0 Å². The molecule has 3 aromatic rings. The van der Waals surface area contributed by atoms with E-state index in [9.17, 15) is 19.7 Å². The summed E-state index contributed by atoms with van der Waals surface area (Å²) in [6, 6.07) is 4.31. The fraction of sp³-hybridized carbons (Fsp3) is 0.381. The first-order valence-electron chi connectivity index (χ1n) is 9.89. The number of hydrogen-bond donors (Lipinski definition) is 2. The van der Waals surface area contributed by atoms with Gasteiger partial charge in [0.1, 0.15) is 4.83 Å². The molecule has 8 nitrogen and oxygen atoms in total. The Morgan fingerprint density at radius 2 is 2.13 bits per heavy atom. The summed E-state index contributed by atoms with van der Waals surface area (Å²) in [5, 5.41) is 14.7. The first-order chi connectivity index (χ1) is 14.7. The maximum atomic E-state index is 12.7. The van der Waals surface area contributed by atoms with Crippen LogP contribution in [-0.2, 0) is 11.2 Å². The van der Waals surface area contributed by atoms with E-state index in [1.807, 2.05) is 6.92 Å². The number of fused-ring (bicyclic) bond motifs is 1. The van der Waals surface area contributed by atoms with Crippen LogP contribution in [0.3, 0.4) is 0 Å². The average Bonchev–Trinajstić information content (AvgIpc) is 3.03. The average molecular weight is 461 g/mol. The number of aromatic nitrogens is 2. The molecule has 1 aromatic carbocycles. The topological polar surface area (TPSA) is 118 Å². The number of nitrogens with zero attached hydrogens (tertiary/aromatic N) is 2. The van der Waals surface area contributed by atoms with Crippen molar-refractivity contribution in [3.63, 3.8) is 0 Å². The van der Waals surface area contributed by atoms with E-state index >= 15 is 0 Å². The first kappa shape index (κ1) is 23.0. The Morgan fingerprint density at radius 3 is 2.81 bits per heavy atom. The predicted molar refractivity (Wildman–Crippen MR) is 125 cm³/mol. The van der Waals surface area contributed by atoms with Gasteiger partial charge < -0.3 is 10.3 Å². The number of carbonyl (C=O) groups excluding carboxylic acids is 1. The highest BCUT2D eigenvalue weighted by molar-refractivity contribution is 7.99. The van der Waals surface area contributed by atoms with Crippen molar-refractivity contribution in [3.8, 4) is 0 Å². The first-order valence-corrected chi connectivity index (χ1v) is 11.7. The Bertz CT molecular complexity index is 1200. The summed E-state index contributed by atoms with van der Waals surface area (Å²) in [4.78, 5) is 44.6. The molecule has 31 heavy (non-hydrogen) atoms. The Hall–Kier alpha value is -2.72. The second-order valence-electron chi connectivity index (χ2n) is 7.50. The van der Waals surface area contributed by atoms with Crippen LogP contribution >= 0.6 is 23.1 Å².